The molecule has 0 amide bonds. The second kappa shape index (κ2) is 6.44. The minimum absolute atomic E-state index is 0.317. The number of rotatable bonds is 2. The Morgan fingerprint density at radius 1 is 0.875 bits per heavy atom. The van der Waals surface area contributed by atoms with Gasteiger partial charge in [0, 0.05) is 13.8 Å². The van der Waals surface area contributed by atoms with Crippen LogP contribution < -0.4 is 0 Å². The molecule has 0 aliphatic heterocycles. The second-order valence-corrected chi connectivity index (χ2v) is 3.26. The maximum Gasteiger partial charge on any atom is 0.223 e. The van der Waals surface area contributed by atoms with E-state index in [1.165, 1.54) is 0 Å². The van der Waals surface area contributed by atoms with Gasteiger partial charge in [-0.1, -0.05) is 10.3 Å². The maximum absolute atomic E-state index is 5.36. The zero-order chi connectivity index (χ0) is 12.0. The summed E-state index contributed by atoms with van der Waals surface area (Å²) in [5, 5.41) is 7.03. The summed E-state index contributed by atoms with van der Waals surface area (Å²) in [6, 6.07) is 0. The lowest BCUT2D eigenvalue weighted by Gasteiger charge is -1.71. The van der Waals surface area contributed by atoms with E-state index in [9.17, 15) is 0 Å². The van der Waals surface area contributed by atoms with E-state index in [-0.39, 0.29) is 0 Å². The summed E-state index contributed by atoms with van der Waals surface area (Å²) in [6.07, 6.45) is 0. The highest BCUT2D eigenvalue weighted by Crippen LogP contribution is 1.97. The Balaban J connectivity index is 0.000000160. The van der Waals surface area contributed by atoms with Crippen molar-refractivity contribution >= 4 is 23.2 Å². The number of aromatic nitrogens is 4. The first kappa shape index (κ1) is 12.9. The molecule has 0 spiro atoms. The van der Waals surface area contributed by atoms with Crippen LogP contribution in [0.3, 0.4) is 0 Å². The van der Waals surface area contributed by atoms with Crippen molar-refractivity contribution in [3.63, 3.8) is 0 Å². The van der Waals surface area contributed by atoms with E-state index in [2.05, 4.69) is 29.3 Å². The highest BCUT2D eigenvalue weighted by molar-refractivity contribution is 6.16. The molecule has 6 nitrogen and oxygen atoms in total. The number of nitrogens with zero attached hydrogens (tertiary/aromatic N) is 4. The number of hydrogen-bond acceptors (Lipinski definition) is 6. The van der Waals surface area contributed by atoms with Gasteiger partial charge in [0.25, 0.3) is 0 Å². The van der Waals surface area contributed by atoms with Crippen LogP contribution >= 0.6 is 23.2 Å². The molecule has 88 valence electrons. The quantitative estimate of drug-likeness (QED) is 0.775. The van der Waals surface area contributed by atoms with Crippen LogP contribution in [0.15, 0.2) is 9.05 Å². The lowest BCUT2D eigenvalue weighted by molar-refractivity contribution is 0.389. The normalized spacial score (nSPS) is 9.75. The molecule has 0 aromatic carbocycles. The van der Waals surface area contributed by atoms with Crippen molar-refractivity contribution in [3.8, 4) is 0 Å². The Kier molecular flexibility index (Phi) is 5.21. The fraction of sp³-hybridized carbons (Fsp3) is 0.500. The Hall–Kier alpha value is -1.14. The number of alkyl halides is 2. The second-order valence-electron chi connectivity index (χ2n) is 2.73. The average Bonchev–Trinajstić information content (AvgIpc) is 2.88. The molecule has 8 heteroatoms. The molecule has 2 rings (SSSR count). The number of hydrogen-bond donors (Lipinski definition) is 0. The molecule has 0 aliphatic carbocycles. The zero-order valence-corrected chi connectivity index (χ0v) is 10.3. The van der Waals surface area contributed by atoms with Gasteiger partial charge in [0.1, 0.15) is 0 Å². The number of aryl methyl sites for hydroxylation is 2. The van der Waals surface area contributed by atoms with E-state index in [1.54, 1.807) is 13.8 Å². The lowest BCUT2D eigenvalue weighted by Crippen LogP contribution is -1.77. The standard InChI is InChI=1S/2C4H5ClN2O/c2*1-3-6-4(2-5)7-8-3/h2*2H2,1H3. The monoisotopic (exact) mass is 264 g/mol. The van der Waals surface area contributed by atoms with Crippen LogP contribution in [0.5, 0.6) is 0 Å². The van der Waals surface area contributed by atoms with Crippen molar-refractivity contribution in [2.75, 3.05) is 0 Å². The third kappa shape index (κ3) is 4.16. The summed E-state index contributed by atoms with van der Waals surface area (Å²) in [4.78, 5) is 7.64. The van der Waals surface area contributed by atoms with Crippen molar-refractivity contribution in [1.82, 2.24) is 20.3 Å². The van der Waals surface area contributed by atoms with Gasteiger partial charge in [-0.2, -0.15) is 9.97 Å². The molecule has 2 aromatic rings. The summed E-state index contributed by atoms with van der Waals surface area (Å²) in [7, 11) is 0. The van der Waals surface area contributed by atoms with Crippen molar-refractivity contribution in [3.05, 3.63) is 23.4 Å². The smallest absolute Gasteiger partial charge is 0.223 e. The van der Waals surface area contributed by atoms with Crippen LogP contribution in [-0.4, -0.2) is 20.3 Å². The molecule has 16 heavy (non-hydrogen) atoms. The molecule has 0 saturated carbocycles. The summed E-state index contributed by atoms with van der Waals surface area (Å²) >= 11 is 10.7. The molecule has 0 radical (unpaired) electrons. The van der Waals surface area contributed by atoms with Gasteiger partial charge in [0.15, 0.2) is 11.6 Å². The van der Waals surface area contributed by atoms with Gasteiger partial charge in [0.05, 0.1) is 11.8 Å². The fourth-order valence-corrected chi connectivity index (χ4v) is 1.01. The van der Waals surface area contributed by atoms with E-state index in [1.807, 2.05) is 0 Å². The third-order valence-corrected chi connectivity index (χ3v) is 1.86. The van der Waals surface area contributed by atoms with Crippen LogP contribution in [-0.2, 0) is 11.8 Å². The molecule has 0 unspecified atom stereocenters. The topological polar surface area (TPSA) is 77.8 Å². The molecule has 0 bridgehead atoms. The highest BCUT2D eigenvalue weighted by Gasteiger charge is 1.97. The average molecular weight is 265 g/mol. The first-order valence-electron chi connectivity index (χ1n) is 4.36. The maximum atomic E-state index is 5.36. The van der Waals surface area contributed by atoms with Crippen molar-refractivity contribution < 1.29 is 9.05 Å². The Bertz CT molecular complexity index is 389. The highest BCUT2D eigenvalue weighted by atomic mass is 35.5. The minimum Gasteiger partial charge on any atom is -0.340 e. The van der Waals surface area contributed by atoms with Crippen LogP contribution in [0.4, 0.5) is 0 Å². The van der Waals surface area contributed by atoms with Gasteiger partial charge in [0.2, 0.25) is 11.8 Å². The van der Waals surface area contributed by atoms with Gasteiger partial charge < -0.3 is 9.05 Å². The van der Waals surface area contributed by atoms with E-state index in [4.69, 9.17) is 23.2 Å². The molecular formula is C8H10Cl2N4O2. The Morgan fingerprint density at radius 2 is 1.25 bits per heavy atom. The molecule has 0 atom stereocenters. The first-order chi connectivity index (χ1) is 7.65. The van der Waals surface area contributed by atoms with Gasteiger partial charge >= 0.3 is 0 Å². The minimum atomic E-state index is 0.317. The van der Waals surface area contributed by atoms with Gasteiger partial charge in [-0.3, -0.25) is 0 Å². The van der Waals surface area contributed by atoms with E-state index >= 15 is 0 Å². The summed E-state index contributed by atoms with van der Waals surface area (Å²) < 4.78 is 9.22. The first-order valence-corrected chi connectivity index (χ1v) is 5.43. The summed E-state index contributed by atoms with van der Waals surface area (Å²) in [6.45, 7) is 3.45. The van der Waals surface area contributed by atoms with Crippen LogP contribution in [0.2, 0.25) is 0 Å². The largest absolute Gasteiger partial charge is 0.340 e. The van der Waals surface area contributed by atoms with E-state index in [0.29, 0.717) is 35.2 Å². The SMILES string of the molecule is Cc1nc(CCl)no1.Cc1nc(CCl)no1. The molecule has 2 heterocycles. The predicted molar refractivity (Wildman–Crippen MR) is 57.2 cm³/mol. The van der Waals surface area contributed by atoms with Crippen LogP contribution in [0, 0.1) is 13.8 Å². The summed E-state index contributed by atoms with van der Waals surface area (Å²) in [5.41, 5.74) is 0. The van der Waals surface area contributed by atoms with E-state index in [0.717, 1.165) is 0 Å². The lowest BCUT2D eigenvalue weighted by atomic mass is 10.7. The molecule has 0 N–H and O–H groups in total. The Morgan fingerprint density at radius 3 is 1.38 bits per heavy atom. The Labute approximate surface area is 102 Å². The number of halogens is 2. The summed E-state index contributed by atoms with van der Waals surface area (Å²) in [5.74, 6) is 2.84. The van der Waals surface area contributed by atoms with Gasteiger partial charge in [-0.25, -0.2) is 0 Å². The molecular weight excluding hydrogens is 255 g/mol. The third-order valence-electron chi connectivity index (χ3n) is 1.38. The molecule has 0 saturated heterocycles. The predicted octanol–water partition coefficient (Wildman–Crippen LogP) is 2.23. The van der Waals surface area contributed by atoms with Gasteiger partial charge in [-0.05, 0) is 0 Å². The molecule has 0 aliphatic rings. The van der Waals surface area contributed by atoms with Crippen LogP contribution in [0.1, 0.15) is 23.4 Å². The van der Waals surface area contributed by atoms with Gasteiger partial charge in [-0.15, -0.1) is 23.2 Å². The van der Waals surface area contributed by atoms with E-state index < -0.39 is 0 Å². The van der Waals surface area contributed by atoms with Crippen LogP contribution in [0.25, 0.3) is 0 Å². The fourth-order valence-electron chi connectivity index (χ4n) is 0.791. The molecule has 2 aromatic heterocycles. The van der Waals surface area contributed by atoms with Crippen molar-refractivity contribution in [2.45, 2.75) is 25.6 Å². The van der Waals surface area contributed by atoms with Crippen molar-refractivity contribution in [2.24, 2.45) is 0 Å². The zero-order valence-electron chi connectivity index (χ0n) is 8.78. The molecule has 0 fully saturated rings. The van der Waals surface area contributed by atoms with Crippen molar-refractivity contribution in [1.29, 1.82) is 0 Å².